The van der Waals surface area contributed by atoms with Crippen LogP contribution >= 0.6 is 0 Å². The second-order valence-corrected chi connectivity index (χ2v) is 27.0. The van der Waals surface area contributed by atoms with E-state index in [0.29, 0.717) is 129 Å². The first kappa shape index (κ1) is 89.0. The summed E-state index contributed by atoms with van der Waals surface area (Å²) in [5.41, 5.74) is 17.2. The Morgan fingerprint density at radius 2 is 0.747 bits per heavy atom. The van der Waals surface area contributed by atoms with Crippen LogP contribution in [0.1, 0.15) is 310 Å². The number of ketones is 5. The molecule has 0 aliphatic carbocycles. The average Bonchev–Trinajstić information content (AvgIpc) is 1.28. The van der Waals surface area contributed by atoms with Crippen molar-refractivity contribution in [1.29, 1.82) is 0 Å². The van der Waals surface area contributed by atoms with Crippen molar-refractivity contribution in [2.24, 2.45) is 35.0 Å². The van der Waals surface area contributed by atoms with Crippen molar-refractivity contribution in [3.05, 3.63) is 0 Å². The summed E-state index contributed by atoms with van der Waals surface area (Å²) in [5.74, 6) is -8.30. The van der Waals surface area contributed by atoms with Gasteiger partial charge in [-0.3, -0.25) is 57.5 Å². The van der Waals surface area contributed by atoms with Crippen LogP contribution in [0.5, 0.6) is 0 Å². The maximum absolute atomic E-state index is 13.8. The third kappa shape index (κ3) is 51.9. The molecule has 0 heterocycles. The van der Waals surface area contributed by atoms with Crippen LogP contribution in [0.25, 0.3) is 0 Å². The topological polar surface area (TPSA) is 429 Å². The Bertz CT molecular complexity index is 2280. The number of amides is 4. The summed E-state index contributed by atoms with van der Waals surface area (Å²) in [6.45, 7) is 5.47. The van der Waals surface area contributed by atoms with Gasteiger partial charge in [0.25, 0.3) is 0 Å². The number of nitrogens with one attached hydrogen (secondary N) is 4. The zero-order valence-electron chi connectivity index (χ0n) is 58.2. The highest BCUT2D eigenvalue weighted by molar-refractivity contribution is 5.94. The van der Waals surface area contributed by atoms with E-state index in [9.17, 15) is 72.5 Å². The first-order chi connectivity index (χ1) is 45.1. The van der Waals surface area contributed by atoms with Gasteiger partial charge in [0.05, 0.1) is 23.5 Å². The number of hydrogen-bond acceptors (Lipinski definition) is 16. The Hall–Kier alpha value is -6.01. The SMILES string of the molecule is CC(=O)[C@H](CCCCNC(=O)[C@@H](N)CCCCCC(=O)CC[C@H](NC(=O)CCCCCCCCCCCCC(=O)O)C(=O)O)CC(=O)[C@H](CCCCNC(=O)[C@@H](N)CCCCNC(=O)CC[C@H](CC(=O)CCCCCCCCCCCCC(=O)O)C(=O)O)CC(=O)C(C)(C)N. The van der Waals surface area contributed by atoms with E-state index in [2.05, 4.69) is 21.3 Å². The van der Waals surface area contributed by atoms with Crippen LogP contribution in [0.4, 0.5) is 0 Å². The highest BCUT2D eigenvalue weighted by atomic mass is 16.4. The first-order valence-corrected chi connectivity index (χ1v) is 36.0. The standard InChI is InChI=1S/C71H125N7O17/c1-52(79)53(33-27-30-47-76-67(90)58(72)37-23-20-22-35-56(80)43-44-60(70(94)95)78-64(85)39-24-17-13-9-5-7-11-15-19-26-41-66(88)89)50-61(82)54(51-62(83)71(2,3)74)34-28-31-48-77-68(91)59(73)38-29-32-46-75-63(84)45-42-55(69(92)93)49-57(81)36-21-16-12-8-4-6-10-14-18-25-40-65(86)87/h53-55,58-60H,4-51,72-74H2,1-3H3,(H,75,84)(H,76,90)(H,77,91)(H,78,85)(H,86,87)(H,88,89)(H,92,93)(H,94,95)/t53-,54-,55-,58+,59+,60+/m1/s1. The zero-order valence-corrected chi connectivity index (χ0v) is 58.2. The fourth-order valence-electron chi connectivity index (χ4n) is 11.3. The molecule has 0 radical (unpaired) electrons. The quantitative estimate of drug-likeness (QED) is 0.0252. The predicted molar refractivity (Wildman–Crippen MR) is 365 cm³/mol. The molecule has 0 rings (SSSR count). The molecule has 0 spiro atoms. The van der Waals surface area contributed by atoms with Gasteiger partial charge in [0.15, 0.2) is 5.78 Å². The maximum Gasteiger partial charge on any atom is 0.326 e. The van der Waals surface area contributed by atoms with Gasteiger partial charge in [-0.1, -0.05) is 128 Å². The Morgan fingerprint density at radius 1 is 0.358 bits per heavy atom. The van der Waals surface area contributed by atoms with E-state index in [1.54, 1.807) is 13.8 Å². The molecule has 0 bridgehead atoms. The Kier molecular flexibility index (Phi) is 52.5. The number of unbranched alkanes of at least 4 members (excludes halogenated alkanes) is 23. The van der Waals surface area contributed by atoms with E-state index in [4.69, 9.17) is 27.4 Å². The molecule has 0 aromatic rings. The number of aliphatic carboxylic acids is 4. The second-order valence-electron chi connectivity index (χ2n) is 27.0. The summed E-state index contributed by atoms with van der Waals surface area (Å²) >= 11 is 0. The summed E-state index contributed by atoms with van der Waals surface area (Å²) in [6, 6.07) is -2.72. The first-order valence-electron chi connectivity index (χ1n) is 36.0. The molecule has 0 saturated heterocycles. The number of carbonyl (C=O) groups excluding carboxylic acids is 9. The van der Waals surface area contributed by atoms with Gasteiger partial charge >= 0.3 is 23.9 Å². The van der Waals surface area contributed by atoms with Crippen molar-refractivity contribution in [3.63, 3.8) is 0 Å². The normalized spacial score (nSPS) is 13.3. The van der Waals surface area contributed by atoms with Crippen molar-refractivity contribution in [3.8, 4) is 0 Å². The molecular formula is C71H125N7O17. The van der Waals surface area contributed by atoms with Gasteiger partial charge in [0.2, 0.25) is 23.6 Å². The van der Waals surface area contributed by atoms with Gasteiger partial charge in [-0.2, -0.15) is 0 Å². The van der Waals surface area contributed by atoms with Crippen molar-refractivity contribution >= 4 is 76.4 Å². The monoisotopic (exact) mass is 1350 g/mol. The lowest BCUT2D eigenvalue weighted by atomic mass is 9.82. The van der Waals surface area contributed by atoms with E-state index in [1.165, 1.54) is 6.92 Å². The van der Waals surface area contributed by atoms with Gasteiger partial charge in [-0.15, -0.1) is 0 Å². The Balaban J connectivity index is 4.55. The predicted octanol–water partition coefficient (Wildman–Crippen LogP) is 9.82. The lowest BCUT2D eigenvalue weighted by Gasteiger charge is -2.23. The van der Waals surface area contributed by atoms with Crippen LogP contribution in [-0.4, -0.2) is 140 Å². The molecule has 0 aromatic carbocycles. The largest absolute Gasteiger partial charge is 0.481 e. The van der Waals surface area contributed by atoms with E-state index in [1.807, 2.05) is 0 Å². The molecule has 0 aliphatic heterocycles. The fraction of sp³-hybridized carbons (Fsp3) is 0.817. The Morgan fingerprint density at radius 3 is 1.18 bits per heavy atom. The lowest BCUT2D eigenvalue weighted by molar-refractivity contribution is -0.144. The van der Waals surface area contributed by atoms with Crippen LogP contribution < -0.4 is 38.5 Å². The molecule has 24 heteroatoms. The third-order valence-electron chi connectivity index (χ3n) is 17.6. The average molecular weight is 1350 g/mol. The summed E-state index contributed by atoms with van der Waals surface area (Å²) in [4.78, 5) is 160. The van der Waals surface area contributed by atoms with Crippen LogP contribution in [0.2, 0.25) is 0 Å². The van der Waals surface area contributed by atoms with Crippen molar-refractivity contribution in [2.45, 2.75) is 333 Å². The summed E-state index contributed by atoms with van der Waals surface area (Å²) < 4.78 is 0. The highest BCUT2D eigenvalue weighted by Gasteiger charge is 2.31. The van der Waals surface area contributed by atoms with Crippen molar-refractivity contribution < 1.29 is 82.8 Å². The Labute approximate surface area is 566 Å². The molecular weight excluding hydrogens is 1220 g/mol. The van der Waals surface area contributed by atoms with E-state index in [-0.39, 0.29) is 130 Å². The van der Waals surface area contributed by atoms with E-state index < -0.39 is 65.3 Å². The minimum absolute atomic E-state index is 0.00171. The minimum atomic E-state index is -1.19. The van der Waals surface area contributed by atoms with Crippen molar-refractivity contribution in [1.82, 2.24) is 21.3 Å². The molecule has 0 fully saturated rings. The summed E-state index contributed by atoms with van der Waals surface area (Å²) in [6.07, 6.45) is 26.4. The number of rotatable bonds is 67. The molecule has 4 amide bonds. The number of hydrogen-bond donors (Lipinski definition) is 11. The molecule has 95 heavy (non-hydrogen) atoms. The summed E-state index contributed by atoms with van der Waals surface area (Å²) in [7, 11) is 0. The van der Waals surface area contributed by atoms with Gasteiger partial charge in [-0.25, -0.2) is 4.79 Å². The lowest BCUT2D eigenvalue weighted by Crippen LogP contribution is -2.43. The number of carboxylic acid groups (broad SMARTS) is 4. The molecule has 0 aromatic heterocycles. The molecule has 0 unspecified atom stereocenters. The van der Waals surface area contributed by atoms with Gasteiger partial charge in [-0.05, 0) is 117 Å². The summed E-state index contributed by atoms with van der Waals surface area (Å²) in [5, 5.41) is 47.7. The molecule has 14 N–H and O–H groups in total. The van der Waals surface area contributed by atoms with Crippen LogP contribution in [-0.2, 0) is 62.3 Å². The number of carboxylic acids is 4. The van der Waals surface area contributed by atoms with Crippen LogP contribution in [0.3, 0.4) is 0 Å². The molecule has 6 atom stereocenters. The number of nitrogens with two attached hydrogens (primary N) is 3. The van der Waals surface area contributed by atoms with Crippen LogP contribution in [0.15, 0.2) is 0 Å². The highest BCUT2D eigenvalue weighted by Crippen LogP contribution is 2.25. The number of Topliss-reactive ketones (excluding diaryl/α,β-unsaturated/α-hetero) is 5. The maximum atomic E-state index is 13.8. The number of carbonyl (C=O) groups is 13. The van der Waals surface area contributed by atoms with E-state index >= 15 is 0 Å². The van der Waals surface area contributed by atoms with Gasteiger partial charge < -0.3 is 58.9 Å². The molecule has 24 nitrogen and oxygen atoms in total. The van der Waals surface area contributed by atoms with Gasteiger partial charge in [0.1, 0.15) is 29.2 Å². The molecule has 0 aliphatic rings. The van der Waals surface area contributed by atoms with Gasteiger partial charge in [0, 0.05) is 95.7 Å². The second kappa shape index (κ2) is 56.1. The van der Waals surface area contributed by atoms with E-state index in [0.717, 1.165) is 103 Å². The molecule has 0 saturated carbocycles. The van der Waals surface area contributed by atoms with Crippen LogP contribution in [0, 0.1) is 17.8 Å². The third-order valence-corrected chi connectivity index (χ3v) is 17.6. The zero-order chi connectivity index (χ0) is 71.2. The fourth-order valence-corrected chi connectivity index (χ4v) is 11.3. The molecule has 546 valence electrons. The van der Waals surface area contributed by atoms with Crippen molar-refractivity contribution in [2.75, 3.05) is 19.6 Å². The minimum Gasteiger partial charge on any atom is -0.481 e. The smallest absolute Gasteiger partial charge is 0.326 e.